The van der Waals surface area contributed by atoms with Crippen molar-refractivity contribution in [3.05, 3.63) is 52.1 Å². The number of ether oxygens (including phenoxy) is 1. The van der Waals surface area contributed by atoms with Crippen molar-refractivity contribution in [2.24, 2.45) is 4.99 Å². The number of thioether (sulfide) groups is 1. The SMILES string of the molecule is COc1cccc(N=C2S[C@@H](CC(=O)Nc3ccc(I)cc3)C(=O)N2C)c1. The summed E-state index contributed by atoms with van der Waals surface area (Å²) in [4.78, 5) is 30.8. The van der Waals surface area contributed by atoms with Crippen LogP contribution in [0.2, 0.25) is 0 Å². The standard InChI is InChI=1S/C19H18IN3O3S/c1-23-18(25)16(11-17(24)21-13-8-6-12(20)7-9-13)27-19(23)22-14-4-3-5-15(10-14)26-2/h3-10,16H,11H2,1-2H3,(H,21,24)/t16-/m0/s1. The summed E-state index contributed by atoms with van der Waals surface area (Å²) in [6.07, 6.45) is 0.0942. The predicted octanol–water partition coefficient (Wildman–Crippen LogP) is 3.89. The van der Waals surface area contributed by atoms with E-state index in [4.69, 9.17) is 4.74 Å². The highest BCUT2D eigenvalue weighted by Gasteiger charge is 2.37. The lowest BCUT2D eigenvalue weighted by Gasteiger charge is -2.09. The van der Waals surface area contributed by atoms with Gasteiger partial charge in [0.15, 0.2) is 5.17 Å². The number of nitrogens with one attached hydrogen (secondary N) is 1. The van der Waals surface area contributed by atoms with Crippen molar-refractivity contribution < 1.29 is 14.3 Å². The third-order valence-corrected chi connectivity index (χ3v) is 5.87. The van der Waals surface area contributed by atoms with Crippen LogP contribution in [0.15, 0.2) is 53.5 Å². The number of halogens is 1. The monoisotopic (exact) mass is 495 g/mol. The topological polar surface area (TPSA) is 71.0 Å². The number of nitrogens with zero attached hydrogens (tertiary/aromatic N) is 2. The minimum Gasteiger partial charge on any atom is -0.497 e. The Bertz CT molecular complexity index is 886. The van der Waals surface area contributed by atoms with Crippen LogP contribution < -0.4 is 10.1 Å². The first-order valence-electron chi connectivity index (χ1n) is 8.18. The van der Waals surface area contributed by atoms with E-state index in [-0.39, 0.29) is 18.2 Å². The van der Waals surface area contributed by atoms with Gasteiger partial charge in [0.1, 0.15) is 11.0 Å². The molecule has 1 atom stereocenters. The van der Waals surface area contributed by atoms with E-state index < -0.39 is 5.25 Å². The van der Waals surface area contributed by atoms with Crippen molar-refractivity contribution >= 4 is 62.7 Å². The quantitative estimate of drug-likeness (QED) is 0.640. The molecule has 0 unspecified atom stereocenters. The average molecular weight is 495 g/mol. The molecule has 1 saturated heterocycles. The normalized spacial score (nSPS) is 18.0. The smallest absolute Gasteiger partial charge is 0.242 e. The van der Waals surface area contributed by atoms with Gasteiger partial charge in [0.05, 0.1) is 12.8 Å². The van der Waals surface area contributed by atoms with E-state index in [9.17, 15) is 9.59 Å². The molecule has 1 fully saturated rings. The number of amidine groups is 1. The molecule has 6 nitrogen and oxygen atoms in total. The molecule has 1 aliphatic heterocycles. The number of hydrogen-bond acceptors (Lipinski definition) is 5. The fourth-order valence-corrected chi connectivity index (χ4v) is 4.02. The largest absolute Gasteiger partial charge is 0.497 e. The van der Waals surface area contributed by atoms with Gasteiger partial charge in [-0.15, -0.1) is 0 Å². The molecule has 0 aromatic heterocycles. The molecule has 2 aromatic carbocycles. The zero-order valence-corrected chi connectivity index (χ0v) is 17.8. The number of anilines is 1. The van der Waals surface area contributed by atoms with Crippen LogP contribution in [0.5, 0.6) is 5.75 Å². The highest BCUT2D eigenvalue weighted by molar-refractivity contribution is 14.1. The van der Waals surface area contributed by atoms with Gasteiger partial charge < -0.3 is 10.1 Å². The van der Waals surface area contributed by atoms with E-state index in [0.717, 1.165) is 9.26 Å². The Labute approximate surface area is 175 Å². The third-order valence-electron chi connectivity index (χ3n) is 3.92. The van der Waals surface area contributed by atoms with Gasteiger partial charge in [-0.3, -0.25) is 14.5 Å². The van der Waals surface area contributed by atoms with Crippen molar-refractivity contribution in [3.63, 3.8) is 0 Å². The maximum Gasteiger partial charge on any atom is 0.242 e. The minimum absolute atomic E-state index is 0.0942. The number of benzene rings is 2. The molecule has 27 heavy (non-hydrogen) atoms. The summed E-state index contributed by atoms with van der Waals surface area (Å²) in [5, 5.41) is 2.91. The summed E-state index contributed by atoms with van der Waals surface area (Å²) in [5.41, 5.74) is 1.41. The second-order valence-electron chi connectivity index (χ2n) is 5.86. The van der Waals surface area contributed by atoms with Crippen LogP contribution in [-0.4, -0.2) is 41.3 Å². The van der Waals surface area contributed by atoms with Crippen LogP contribution in [0.25, 0.3) is 0 Å². The summed E-state index contributed by atoms with van der Waals surface area (Å²) in [6, 6.07) is 14.8. The number of amides is 2. The van der Waals surface area contributed by atoms with E-state index >= 15 is 0 Å². The molecule has 0 radical (unpaired) electrons. The van der Waals surface area contributed by atoms with Gasteiger partial charge in [-0.05, 0) is 59.0 Å². The summed E-state index contributed by atoms with van der Waals surface area (Å²) < 4.78 is 6.28. The second kappa shape index (κ2) is 8.75. The lowest BCUT2D eigenvalue weighted by molar-refractivity contribution is -0.127. The summed E-state index contributed by atoms with van der Waals surface area (Å²) >= 11 is 3.50. The Balaban J connectivity index is 1.67. The molecule has 1 aliphatic rings. The van der Waals surface area contributed by atoms with Crippen molar-refractivity contribution in [1.29, 1.82) is 0 Å². The van der Waals surface area contributed by atoms with Gasteiger partial charge in [0, 0.05) is 28.8 Å². The fraction of sp³-hybridized carbons (Fsp3) is 0.211. The average Bonchev–Trinajstić information content (AvgIpc) is 2.91. The van der Waals surface area contributed by atoms with Gasteiger partial charge in [0.25, 0.3) is 0 Å². The van der Waals surface area contributed by atoms with E-state index in [2.05, 4.69) is 32.9 Å². The molecule has 1 N–H and O–H groups in total. The van der Waals surface area contributed by atoms with Crippen LogP contribution in [0.3, 0.4) is 0 Å². The van der Waals surface area contributed by atoms with Gasteiger partial charge in [-0.1, -0.05) is 17.8 Å². The number of rotatable bonds is 5. The molecule has 0 spiro atoms. The van der Waals surface area contributed by atoms with E-state index in [1.807, 2.05) is 42.5 Å². The van der Waals surface area contributed by atoms with E-state index in [0.29, 0.717) is 16.6 Å². The molecular formula is C19H18IN3O3S. The van der Waals surface area contributed by atoms with Gasteiger partial charge in [-0.2, -0.15) is 0 Å². The molecular weight excluding hydrogens is 477 g/mol. The molecule has 8 heteroatoms. The molecule has 0 bridgehead atoms. The Hall–Kier alpha value is -2.07. The third kappa shape index (κ3) is 5.01. The summed E-state index contributed by atoms with van der Waals surface area (Å²) in [7, 11) is 3.26. The van der Waals surface area contributed by atoms with Crippen LogP contribution in [0.1, 0.15) is 6.42 Å². The van der Waals surface area contributed by atoms with Gasteiger partial charge >= 0.3 is 0 Å². The van der Waals surface area contributed by atoms with Crippen molar-refractivity contribution in [2.45, 2.75) is 11.7 Å². The van der Waals surface area contributed by atoms with Crippen LogP contribution in [0, 0.1) is 3.57 Å². The highest BCUT2D eigenvalue weighted by Crippen LogP contribution is 2.31. The van der Waals surface area contributed by atoms with Crippen LogP contribution >= 0.6 is 34.4 Å². The first kappa shape index (κ1) is 19.7. The maximum atomic E-state index is 12.5. The lowest BCUT2D eigenvalue weighted by atomic mass is 10.2. The van der Waals surface area contributed by atoms with Gasteiger partial charge in [0.2, 0.25) is 11.8 Å². The minimum atomic E-state index is -0.483. The highest BCUT2D eigenvalue weighted by atomic mass is 127. The summed E-state index contributed by atoms with van der Waals surface area (Å²) in [5.74, 6) is 0.375. The Kier molecular flexibility index (Phi) is 6.38. The predicted molar refractivity (Wildman–Crippen MR) is 117 cm³/mol. The molecule has 0 aliphatic carbocycles. The van der Waals surface area contributed by atoms with E-state index in [1.165, 1.54) is 16.7 Å². The van der Waals surface area contributed by atoms with Crippen LogP contribution in [0.4, 0.5) is 11.4 Å². The van der Waals surface area contributed by atoms with Gasteiger partial charge in [-0.25, -0.2) is 4.99 Å². The number of methoxy groups -OCH3 is 1. The second-order valence-corrected chi connectivity index (χ2v) is 8.27. The first-order valence-corrected chi connectivity index (χ1v) is 10.1. The first-order chi connectivity index (χ1) is 13.0. The van der Waals surface area contributed by atoms with E-state index in [1.54, 1.807) is 20.2 Å². The van der Waals surface area contributed by atoms with Crippen molar-refractivity contribution in [2.75, 3.05) is 19.5 Å². The molecule has 2 amide bonds. The zero-order valence-electron chi connectivity index (χ0n) is 14.8. The van der Waals surface area contributed by atoms with Crippen molar-refractivity contribution in [1.82, 2.24) is 4.90 Å². The number of aliphatic imine (C=N–C) groups is 1. The Morgan fingerprint density at radius 3 is 2.74 bits per heavy atom. The number of hydrogen-bond donors (Lipinski definition) is 1. The summed E-state index contributed by atoms with van der Waals surface area (Å²) in [6.45, 7) is 0. The van der Waals surface area contributed by atoms with Crippen LogP contribution in [-0.2, 0) is 9.59 Å². The fourth-order valence-electron chi connectivity index (χ4n) is 2.50. The molecule has 2 aromatic rings. The number of carbonyl (C=O) groups is 2. The number of carbonyl (C=O) groups excluding carboxylic acids is 2. The Morgan fingerprint density at radius 1 is 1.30 bits per heavy atom. The Morgan fingerprint density at radius 2 is 2.04 bits per heavy atom. The molecule has 0 saturated carbocycles. The van der Waals surface area contributed by atoms with Crippen molar-refractivity contribution in [3.8, 4) is 5.75 Å². The zero-order chi connectivity index (χ0) is 19.4. The lowest BCUT2D eigenvalue weighted by Crippen LogP contribution is -2.30. The maximum absolute atomic E-state index is 12.5. The molecule has 1 heterocycles. The molecule has 3 rings (SSSR count). The molecule has 140 valence electrons.